The second kappa shape index (κ2) is 6.37. The van der Waals surface area contributed by atoms with Crippen LogP contribution in [0.25, 0.3) is 11.1 Å². The molecule has 122 valence electrons. The molecular formula is C16H23N7. The minimum Gasteiger partial charge on any atom is -0.402 e. The van der Waals surface area contributed by atoms with Crippen molar-refractivity contribution >= 4 is 11.5 Å². The third kappa shape index (κ3) is 3.50. The molecular weight excluding hydrogens is 290 g/mol. The van der Waals surface area contributed by atoms with Gasteiger partial charge in [-0.1, -0.05) is 0 Å². The van der Waals surface area contributed by atoms with Gasteiger partial charge in [-0.2, -0.15) is 10.2 Å². The van der Waals surface area contributed by atoms with Gasteiger partial charge in [-0.15, -0.1) is 0 Å². The van der Waals surface area contributed by atoms with Gasteiger partial charge in [0.25, 0.3) is 0 Å². The summed E-state index contributed by atoms with van der Waals surface area (Å²) in [6, 6.07) is 0.247. The van der Waals surface area contributed by atoms with E-state index in [1.54, 1.807) is 17.1 Å². The fourth-order valence-electron chi connectivity index (χ4n) is 3.02. The Morgan fingerprint density at radius 1 is 1.43 bits per heavy atom. The molecule has 0 amide bonds. The van der Waals surface area contributed by atoms with Crippen molar-refractivity contribution in [3.63, 3.8) is 0 Å². The molecule has 0 aromatic carbocycles. The molecule has 23 heavy (non-hydrogen) atoms. The quantitative estimate of drug-likeness (QED) is 0.748. The molecule has 0 bridgehead atoms. The van der Waals surface area contributed by atoms with E-state index in [4.69, 9.17) is 16.5 Å². The molecule has 7 nitrogen and oxygen atoms in total. The normalized spacial score (nSPS) is 22.7. The molecule has 1 aliphatic carbocycles. The summed E-state index contributed by atoms with van der Waals surface area (Å²) in [6.45, 7) is 1.87. The Balaban J connectivity index is 1.97. The van der Waals surface area contributed by atoms with E-state index in [0.29, 0.717) is 5.92 Å². The van der Waals surface area contributed by atoms with Crippen LogP contribution in [0.4, 0.5) is 5.82 Å². The zero-order valence-corrected chi connectivity index (χ0v) is 13.5. The third-order valence-electron chi connectivity index (χ3n) is 4.14. The Bertz CT molecular complexity index is 733. The smallest absolute Gasteiger partial charge is 0.156 e. The summed E-state index contributed by atoms with van der Waals surface area (Å²) in [5, 5.41) is 11.3. The molecule has 0 aliphatic heterocycles. The molecule has 2 aromatic heterocycles. The first kappa shape index (κ1) is 15.5. The van der Waals surface area contributed by atoms with Crippen LogP contribution < -0.4 is 11.5 Å². The molecule has 0 saturated heterocycles. The maximum absolute atomic E-state index is 6.05. The van der Waals surface area contributed by atoms with Gasteiger partial charge < -0.3 is 11.5 Å². The highest BCUT2D eigenvalue weighted by molar-refractivity contribution is 5.99. The molecule has 0 radical (unpaired) electrons. The second-order valence-electron chi connectivity index (χ2n) is 6.23. The number of aryl methyl sites for hydroxylation is 1. The van der Waals surface area contributed by atoms with Crippen molar-refractivity contribution in [2.45, 2.75) is 32.2 Å². The molecule has 7 heteroatoms. The molecule has 2 heterocycles. The molecule has 1 saturated carbocycles. The average molecular weight is 313 g/mol. The summed E-state index contributed by atoms with van der Waals surface area (Å²) in [5.74, 6) is 1.07. The van der Waals surface area contributed by atoms with Gasteiger partial charge in [0.15, 0.2) is 5.82 Å². The van der Waals surface area contributed by atoms with E-state index < -0.39 is 0 Å². The van der Waals surface area contributed by atoms with Crippen LogP contribution in [0.3, 0.4) is 0 Å². The van der Waals surface area contributed by atoms with Gasteiger partial charge in [0.2, 0.25) is 0 Å². The van der Waals surface area contributed by atoms with Crippen LogP contribution in [0.2, 0.25) is 0 Å². The van der Waals surface area contributed by atoms with Crippen LogP contribution in [0.15, 0.2) is 35.4 Å². The van der Waals surface area contributed by atoms with Gasteiger partial charge in [0.05, 0.1) is 12.4 Å². The third-order valence-corrected chi connectivity index (χ3v) is 4.14. The van der Waals surface area contributed by atoms with Crippen molar-refractivity contribution in [3.8, 4) is 11.1 Å². The lowest BCUT2D eigenvalue weighted by Crippen LogP contribution is -2.17. The molecule has 3 rings (SSSR count). The van der Waals surface area contributed by atoms with E-state index in [2.05, 4.69) is 15.3 Å². The number of nitrogens with two attached hydrogens (primary N) is 2. The van der Waals surface area contributed by atoms with Crippen LogP contribution in [0, 0.1) is 5.92 Å². The minimum atomic E-state index is 0.247. The Morgan fingerprint density at radius 3 is 2.87 bits per heavy atom. The monoisotopic (exact) mass is 313 g/mol. The Labute approximate surface area is 135 Å². The highest BCUT2D eigenvalue weighted by Gasteiger charge is 2.25. The molecule has 0 spiro atoms. The molecule has 2 atom stereocenters. The molecule has 1 fully saturated rings. The lowest BCUT2D eigenvalue weighted by Gasteiger charge is -2.11. The summed E-state index contributed by atoms with van der Waals surface area (Å²) < 4.78 is 1.76. The predicted molar refractivity (Wildman–Crippen MR) is 91.1 cm³/mol. The zero-order chi connectivity index (χ0) is 16.4. The lowest BCUT2D eigenvalue weighted by molar-refractivity contribution is 0.677. The first-order chi connectivity index (χ1) is 11.0. The average Bonchev–Trinajstić information content (AvgIpc) is 3.18. The Morgan fingerprint density at radius 2 is 2.26 bits per heavy atom. The fraction of sp³-hybridized carbons (Fsp3) is 0.438. The van der Waals surface area contributed by atoms with Gasteiger partial charge >= 0.3 is 0 Å². The fourth-order valence-corrected chi connectivity index (χ4v) is 3.02. The summed E-state index contributed by atoms with van der Waals surface area (Å²) >= 11 is 0. The van der Waals surface area contributed by atoms with Crippen molar-refractivity contribution in [1.82, 2.24) is 20.0 Å². The maximum atomic E-state index is 6.05. The van der Waals surface area contributed by atoms with E-state index in [-0.39, 0.29) is 6.04 Å². The van der Waals surface area contributed by atoms with Crippen LogP contribution in [0.5, 0.6) is 0 Å². The van der Waals surface area contributed by atoms with Crippen LogP contribution in [0.1, 0.15) is 26.2 Å². The molecule has 0 unspecified atom stereocenters. The van der Waals surface area contributed by atoms with E-state index >= 15 is 0 Å². The molecule has 1 aliphatic rings. The summed E-state index contributed by atoms with van der Waals surface area (Å²) in [4.78, 5) is 4.81. The van der Waals surface area contributed by atoms with Crippen LogP contribution in [-0.2, 0) is 7.05 Å². The largest absolute Gasteiger partial charge is 0.402 e. The topological polar surface area (TPSA) is 111 Å². The molecule has 2 aromatic rings. The van der Waals surface area contributed by atoms with Crippen molar-refractivity contribution in [1.29, 1.82) is 0 Å². The summed E-state index contributed by atoms with van der Waals surface area (Å²) in [6.07, 6.45) is 10.5. The standard InChI is InChI=1S/C16H23N7/c1-10(17)5-15(11-3-4-13(18)6-11)21-16-14(8-19-22-16)12-7-20-23(2)9-12/h5,7-9,11,13H,3-4,6,17-18H2,1-2H3,(H,19,22)/b10-5+,21-15?/t11-,13-/m1/s1. The van der Waals surface area contributed by atoms with E-state index in [9.17, 15) is 0 Å². The Hall–Kier alpha value is -2.41. The Kier molecular flexibility index (Phi) is 4.29. The number of nitrogens with zero attached hydrogens (tertiary/aromatic N) is 4. The van der Waals surface area contributed by atoms with Gasteiger partial charge in [-0.3, -0.25) is 9.78 Å². The zero-order valence-electron chi connectivity index (χ0n) is 13.5. The number of aromatic nitrogens is 4. The highest BCUT2D eigenvalue weighted by Crippen LogP contribution is 2.31. The van der Waals surface area contributed by atoms with Crippen molar-refractivity contribution in [2.75, 3.05) is 0 Å². The number of hydrogen-bond acceptors (Lipinski definition) is 5. The number of hydrogen-bond donors (Lipinski definition) is 3. The number of aliphatic imine (C=N–C) groups is 1. The van der Waals surface area contributed by atoms with Gasteiger partial charge in [-0.05, 0) is 32.3 Å². The minimum absolute atomic E-state index is 0.247. The number of aromatic amines is 1. The van der Waals surface area contributed by atoms with E-state index in [1.165, 1.54) is 0 Å². The highest BCUT2D eigenvalue weighted by atomic mass is 15.2. The number of allylic oxidation sites excluding steroid dienone is 2. The van der Waals surface area contributed by atoms with E-state index in [1.807, 2.05) is 26.2 Å². The number of rotatable bonds is 4. The first-order valence-electron chi connectivity index (χ1n) is 7.83. The number of H-pyrrole nitrogens is 1. The number of nitrogens with one attached hydrogen (secondary N) is 1. The van der Waals surface area contributed by atoms with Crippen molar-refractivity contribution in [2.24, 2.45) is 29.4 Å². The van der Waals surface area contributed by atoms with Gasteiger partial charge in [-0.25, -0.2) is 4.99 Å². The van der Waals surface area contributed by atoms with Crippen LogP contribution in [-0.4, -0.2) is 31.7 Å². The lowest BCUT2D eigenvalue weighted by atomic mass is 10.00. The summed E-state index contributed by atoms with van der Waals surface area (Å²) in [5.41, 5.74) is 15.6. The van der Waals surface area contributed by atoms with Gasteiger partial charge in [0, 0.05) is 47.7 Å². The summed E-state index contributed by atoms with van der Waals surface area (Å²) in [7, 11) is 1.89. The van der Waals surface area contributed by atoms with E-state index in [0.717, 1.165) is 47.6 Å². The second-order valence-corrected chi connectivity index (χ2v) is 6.23. The van der Waals surface area contributed by atoms with Crippen molar-refractivity contribution < 1.29 is 0 Å². The van der Waals surface area contributed by atoms with Gasteiger partial charge in [0.1, 0.15) is 0 Å². The maximum Gasteiger partial charge on any atom is 0.156 e. The SMILES string of the molecule is C/C(N)=C\C(=Nc1[nH]ncc1-c1cnn(C)c1)[C@@H]1CC[C@@H](N)C1. The first-order valence-corrected chi connectivity index (χ1v) is 7.83. The van der Waals surface area contributed by atoms with Crippen LogP contribution >= 0.6 is 0 Å². The molecule has 5 N–H and O–H groups in total. The van der Waals surface area contributed by atoms with Crippen molar-refractivity contribution in [3.05, 3.63) is 30.4 Å². The predicted octanol–water partition coefficient (Wildman–Crippen LogP) is 1.87.